The lowest BCUT2D eigenvalue weighted by molar-refractivity contribution is -0.152. The fraction of sp³-hybridized carbons (Fsp3) is 0.857. The minimum absolute atomic E-state index is 0.247. The second kappa shape index (κ2) is 5.72. The van der Waals surface area contributed by atoms with Crippen molar-refractivity contribution in [2.45, 2.75) is 52.1 Å². The molecule has 2 rings (SSSR count). The highest BCUT2D eigenvalue weighted by Crippen LogP contribution is 2.39. The highest BCUT2D eigenvalue weighted by atomic mass is 16.6. The third kappa shape index (κ3) is 2.52. The van der Waals surface area contributed by atoms with Crippen LogP contribution in [0.5, 0.6) is 0 Å². The molecule has 18 heavy (non-hydrogen) atoms. The van der Waals surface area contributed by atoms with E-state index in [1.54, 1.807) is 13.8 Å². The summed E-state index contributed by atoms with van der Waals surface area (Å²) >= 11 is 0. The first-order valence-corrected chi connectivity index (χ1v) is 7.02. The van der Waals surface area contributed by atoms with Crippen molar-refractivity contribution in [2.75, 3.05) is 6.61 Å². The summed E-state index contributed by atoms with van der Waals surface area (Å²) in [7, 11) is 0. The Balaban J connectivity index is 2.10. The highest BCUT2D eigenvalue weighted by molar-refractivity contribution is 5.85. The van der Waals surface area contributed by atoms with Gasteiger partial charge in [0.1, 0.15) is 12.0 Å². The van der Waals surface area contributed by atoms with Crippen LogP contribution < -0.4 is 0 Å². The first-order valence-electron chi connectivity index (χ1n) is 7.02. The summed E-state index contributed by atoms with van der Waals surface area (Å²) in [6, 6.07) is 0. The average Bonchev–Trinajstić information content (AvgIpc) is 2.67. The van der Waals surface area contributed by atoms with Gasteiger partial charge in [-0.25, -0.2) is 0 Å². The summed E-state index contributed by atoms with van der Waals surface area (Å²) in [6.07, 6.45) is 5.44. The molecule has 0 bridgehead atoms. The average molecular weight is 254 g/mol. The van der Waals surface area contributed by atoms with Gasteiger partial charge in [0.05, 0.1) is 12.5 Å². The van der Waals surface area contributed by atoms with E-state index in [0.717, 1.165) is 12.8 Å². The lowest BCUT2D eigenvalue weighted by atomic mass is 9.78. The van der Waals surface area contributed by atoms with Crippen LogP contribution in [0.4, 0.5) is 0 Å². The topological polar surface area (TPSA) is 52.6 Å². The van der Waals surface area contributed by atoms with Gasteiger partial charge in [-0.1, -0.05) is 26.2 Å². The fourth-order valence-electron chi connectivity index (χ4n) is 3.17. The quantitative estimate of drug-likeness (QED) is 0.725. The fourth-order valence-corrected chi connectivity index (χ4v) is 3.17. The Labute approximate surface area is 108 Å². The molecule has 1 heterocycles. The molecule has 0 aromatic rings. The Bertz CT molecular complexity index is 320. The van der Waals surface area contributed by atoms with Crippen LogP contribution in [0.25, 0.3) is 0 Å². The molecule has 0 N–H and O–H groups in total. The maximum Gasteiger partial charge on any atom is 0.313 e. The molecule has 2 aliphatic rings. The monoisotopic (exact) mass is 254 g/mol. The molecule has 0 amide bonds. The van der Waals surface area contributed by atoms with Crippen LogP contribution in [0.2, 0.25) is 0 Å². The predicted octanol–water partition coefficient (Wildman–Crippen LogP) is 2.31. The number of ether oxygens (including phenoxy) is 2. The molecule has 0 aromatic carbocycles. The molecule has 0 radical (unpaired) electrons. The number of carbonyl (C=O) groups is 2. The normalized spacial score (nSPS) is 33.2. The van der Waals surface area contributed by atoms with Crippen LogP contribution in [0.1, 0.15) is 46.0 Å². The number of cyclic esters (lactones) is 1. The smallest absolute Gasteiger partial charge is 0.313 e. The van der Waals surface area contributed by atoms with Gasteiger partial charge in [-0.15, -0.1) is 0 Å². The van der Waals surface area contributed by atoms with Crippen molar-refractivity contribution in [3.8, 4) is 0 Å². The van der Waals surface area contributed by atoms with Gasteiger partial charge in [0, 0.05) is 0 Å². The maximum absolute atomic E-state index is 12.0. The van der Waals surface area contributed by atoms with Crippen LogP contribution in [0.15, 0.2) is 0 Å². The molecule has 1 aliphatic heterocycles. The number of rotatable bonds is 3. The van der Waals surface area contributed by atoms with E-state index in [4.69, 9.17) is 9.47 Å². The lowest BCUT2D eigenvalue weighted by Gasteiger charge is -2.29. The molecule has 2 fully saturated rings. The van der Waals surface area contributed by atoms with E-state index < -0.39 is 5.92 Å². The van der Waals surface area contributed by atoms with Gasteiger partial charge in [0.25, 0.3) is 0 Å². The van der Waals surface area contributed by atoms with E-state index in [-0.39, 0.29) is 24.0 Å². The molecule has 1 aliphatic carbocycles. The minimum Gasteiger partial charge on any atom is -0.466 e. The molecule has 0 spiro atoms. The highest BCUT2D eigenvalue weighted by Gasteiger charge is 2.50. The largest absolute Gasteiger partial charge is 0.466 e. The van der Waals surface area contributed by atoms with E-state index in [1.165, 1.54) is 19.3 Å². The third-order valence-corrected chi connectivity index (χ3v) is 4.19. The zero-order valence-corrected chi connectivity index (χ0v) is 11.2. The van der Waals surface area contributed by atoms with E-state index in [1.807, 2.05) is 0 Å². The van der Waals surface area contributed by atoms with Crippen LogP contribution >= 0.6 is 0 Å². The van der Waals surface area contributed by atoms with E-state index in [9.17, 15) is 9.59 Å². The first-order chi connectivity index (χ1) is 8.65. The van der Waals surface area contributed by atoms with Gasteiger partial charge in [0.2, 0.25) is 0 Å². The molecule has 1 saturated carbocycles. The first kappa shape index (κ1) is 13.4. The Morgan fingerprint density at radius 1 is 1.33 bits per heavy atom. The van der Waals surface area contributed by atoms with Crippen LogP contribution in [-0.4, -0.2) is 24.6 Å². The molecule has 0 unspecified atom stereocenters. The molecule has 0 aromatic heterocycles. The molecule has 4 nitrogen and oxygen atoms in total. The minimum atomic E-state index is -0.402. The number of hydrogen-bond acceptors (Lipinski definition) is 4. The molecular formula is C14H22O4. The summed E-state index contributed by atoms with van der Waals surface area (Å²) in [5.41, 5.74) is 0. The van der Waals surface area contributed by atoms with Crippen LogP contribution in [-0.2, 0) is 19.1 Å². The summed E-state index contributed by atoms with van der Waals surface area (Å²) in [4.78, 5) is 23.7. The van der Waals surface area contributed by atoms with Gasteiger partial charge in [-0.3, -0.25) is 9.59 Å². The predicted molar refractivity (Wildman–Crippen MR) is 65.7 cm³/mol. The van der Waals surface area contributed by atoms with Crippen LogP contribution in [0.3, 0.4) is 0 Å². The Kier molecular flexibility index (Phi) is 4.25. The van der Waals surface area contributed by atoms with Crippen molar-refractivity contribution in [3.05, 3.63) is 0 Å². The second-order valence-electron chi connectivity index (χ2n) is 5.37. The van der Waals surface area contributed by atoms with Gasteiger partial charge in [-0.05, 0) is 25.7 Å². The summed E-state index contributed by atoms with van der Waals surface area (Å²) in [5.74, 6) is -0.950. The number of carbonyl (C=O) groups excluding carboxylic acids is 2. The van der Waals surface area contributed by atoms with Gasteiger partial charge in [-0.2, -0.15) is 0 Å². The molecule has 102 valence electrons. The zero-order chi connectivity index (χ0) is 13.1. The number of hydrogen-bond donors (Lipinski definition) is 0. The molecular weight excluding hydrogens is 232 g/mol. The Morgan fingerprint density at radius 2 is 2.00 bits per heavy atom. The number of esters is 2. The summed E-state index contributed by atoms with van der Waals surface area (Å²) in [6.45, 7) is 3.91. The third-order valence-electron chi connectivity index (χ3n) is 4.19. The lowest BCUT2D eigenvalue weighted by Crippen LogP contribution is -2.35. The van der Waals surface area contributed by atoms with Crippen molar-refractivity contribution in [1.29, 1.82) is 0 Å². The Morgan fingerprint density at radius 3 is 2.61 bits per heavy atom. The standard InChI is InChI=1S/C14H22O4/c1-3-17-14(16)11-9(2)13(15)18-12(11)10-7-5-4-6-8-10/h9-12H,3-8H2,1-2H3/t9-,11+,12-/m0/s1. The van der Waals surface area contributed by atoms with Crippen molar-refractivity contribution >= 4 is 11.9 Å². The van der Waals surface area contributed by atoms with Gasteiger partial charge in [0.15, 0.2) is 0 Å². The second-order valence-corrected chi connectivity index (χ2v) is 5.37. The van der Waals surface area contributed by atoms with Crippen molar-refractivity contribution in [3.63, 3.8) is 0 Å². The summed E-state index contributed by atoms with van der Waals surface area (Å²) < 4.78 is 10.5. The van der Waals surface area contributed by atoms with E-state index >= 15 is 0 Å². The van der Waals surface area contributed by atoms with Crippen LogP contribution in [0, 0.1) is 17.8 Å². The molecule has 4 heteroatoms. The van der Waals surface area contributed by atoms with E-state index in [0.29, 0.717) is 12.5 Å². The van der Waals surface area contributed by atoms with Gasteiger partial charge >= 0.3 is 11.9 Å². The zero-order valence-electron chi connectivity index (χ0n) is 11.2. The van der Waals surface area contributed by atoms with Crippen molar-refractivity contribution in [2.24, 2.45) is 17.8 Å². The van der Waals surface area contributed by atoms with Crippen molar-refractivity contribution in [1.82, 2.24) is 0 Å². The van der Waals surface area contributed by atoms with Crippen molar-refractivity contribution < 1.29 is 19.1 Å². The molecule has 3 atom stereocenters. The maximum atomic E-state index is 12.0. The van der Waals surface area contributed by atoms with Gasteiger partial charge < -0.3 is 9.47 Å². The van der Waals surface area contributed by atoms with E-state index in [2.05, 4.69) is 0 Å². The summed E-state index contributed by atoms with van der Waals surface area (Å²) in [5, 5.41) is 0. The SMILES string of the molecule is CCOC(=O)[C@@H]1[C@H](C)C(=O)O[C@H]1C1CCCCC1. The Hall–Kier alpha value is -1.06. The molecule has 1 saturated heterocycles.